The molecule has 0 N–H and O–H groups in total. The summed E-state index contributed by atoms with van der Waals surface area (Å²) in [5.74, 6) is 0. The molecule has 0 saturated heterocycles. The molecule has 1 rings (SSSR count). The fourth-order valence-electron chi connectivity index (χ4n) is 2.53. The molecule has 138 valence electrons. The van der Waals surface area contributed by atoms with Gasteiger partial charge in [0.25, 0.3) is 0 Å². The highest BCUT2D eigenvalue weighted by molar-refractivity contribution is 7.70. The highest BCUT2D eigenvalue weighted by Crippen LogP contribution is 2.54. The van der Waals surface area contributed by atoms with Crippen LogP contribution in [0.25, 0.3) is 0 Å². The fraction of sp³-hybridized carbons (Fsp3) is 0.625. The predicted molar refractivity (Wildman–Crippen MR) is 98.7 cm³/mol. The van der Waals surface area contributed by atoms with Crippen molar-refractivity contribution in [1.82, 2.24) is 4.67 Å². The van der Waals surface area contributed by atoms with E-state index < -0.39 is 15.1 Å². The lowest BCUT2D eigenvalue weighted by atomic mass is 10.4. The van der Waals surface area contributed by atoms with E-state index in [1.54, 1.807) is 49.7 Å². The van der Waals surface area contributed by atoms with Crippen molar-refractivity contribution in [2.24, 2.45) is 0 Å². The van der Waals surface area contributed by atoms with Crippen LogP contribution in [0.4, 0.5) is 0 Å². The molecule has 1 aromatic rings. The van der Waals surface area contributed by atoms with E-state index in [0.29, 0.717) is 23.7 Å². The molecule has 1 unspecified atom stereocenters. The molecule has 24 heavy (non-hydrogen) atoms. The van der Waals surface area contributed by atoms with E-state index >= 15 is 0 Å². The number of rotatable bonds is 11. The van der Waals surface area contributed by atoms with Crippen LogP contribution >= 0.6 is 15.1 Å². The van der Waals surface area contributed by atoms with Crippen LogP contribution in [0.1, 0.15) is 34.6 Å². The summed E-state index contributed by atoms with van der Waals surface area (Å²) in [4.78, 5) is 0. The van der Waals surface area contributed by atoms with Crippen LogP contribution in [0.3, 0.4) is 0 Å². The smallest absolute Gasteiger partial charge is 0.314 e. The number of nitrogens with zero attached hydrogens (tertiary/aromatic N) is 1. The van der Waals surface area contributed by atoms with E-state index in [4.69, 9.17) is 13.6 Å². The average Bonchev–Trinajstić information content (AvgIpc) is 2.56. The van der Waals surface area contributed by atoms with Crippen LogP contribution in [-0.2, 0) is 22.7 Å². The van der Waals surface area contributed by atoms with Crippen molar-refractivity contribution < 1.29 is 22.7 Å². The van der Waals surface area contributed by atoms with Crippen molar-refractivity contribution >= 4 is 25.7 Å². The summed E-state index contributed by atoms with van der Waals surface area (Å²) in [6.07, 6.45) is 0. The Morgan fingerprint density at radius 3 is 1.67 bits per heavy atom. The van der Waals surface area contributed by atoms with E-state index in [9.17, 15) is 9.13 Å². The van der Waals surface area contributed by atoms with Crippen LogP contribution in [0, 0.1) is 0 Å². The maximum Gasteiger partial charge on any atom is 0.362 e. The van der Waals surface area contributed by atoms with Gasteiger partial charge in [0.1, 0.15) is 0 Å². The molecule has 1 aromatic carbocycles. The lowest BCUT2D eigenvalue weighted by Gasteiger charge is -2.31. The molecular weight excluding hydrogens is 348 g/mol. The highest BCUT2D eigenvalue weighted by Gasteiger charge is 2.40. The van der Waals surface area contributed by atoms with Crippen molar-refractivity contribution in [3.63, 3.8) is 0 Å². The van der Waals surface area contributed by atoms with Gasteiger partial charge in [0.15, 0.2) is 0 Å². The van der Waals surface area contributed by atoms with Gasteiger partial charge in [-0.2, -0.15) is 0 Å². The fourth-order valence-corrected chi connectivity index (χ4v) is 7.27. The summed E-state index contributed by atoms with van der Waals surface area (Å²) in [5.41, 5.74) is 0. The molecule has 0 heterocycles. The second-order valence-corrected chi connectivity index (χ2v) is 9.24. The summed E-state index contributed by atoms with van der Waals surface area (Å²) in [5, 5.41) is 0.707. The number of hydrogen-bond donors (Lipinski definition) is 0. The average molecular weight is 377 g/mol. The second-order valence-electron chi connectivity index (χ2n) is 4.90. The largest absolute Gasteiger partial charge is 0.362 e. The van der Waals surface area contributed by atoms with Gasteiger partial charge in [0.05, 0.1) is 30.4 Å². The van der Waals surface area contributed by atoms with Gasteiger partial charge in [-0.05, 0) is 32.9 Å². The molecule has 0 amide bonds. The molecule has 0 radical (unpaired) electrons. The number of hydrogen-bond acceptors (Lipinski definition) is 5. The quantitative estimate of drug-likeness (QED) is 0.547. The zero-order chi connectivity index (χ0) is 18.2. The molecule has 0 saturated carbocycles. The molecule has 0 aliphatic heterocycles. The van der Waals surface area contributed by atoms with Crippen molar-refractivity contribution in [1.29, 1.82) is 0 Å². The van der Waals surface area contributed by atoms with Gasteiger partial charge in [0, 0.05) is 13.1 Å². The van der Waals surface area contributed by atoms with E-state index in [1.807, 2.05) is 13.8 Å². The van der Waals surface area contributed by atoms with Gasteiger partial charge >= 0.3 is 15.1 Å². The Kier molecular flexibility index (Phi) is 8.86. The lowest BCUT2D eigenvalue weighted by molar-refractivity contribution is 0.230. The molecule has 6 nitrogen and oxygen atoms in total. The first-order valence-corrected chi connectivity index (χ1v) is 11.5. The van der Waals surface area contributed by atoms with Crippen LogP contribution < -0.4 is 10.6 Å². The Hall–Kier alpha value is -0.480. The summed E-state index contributed by atoms with van der Waals surface area (Å²) >= 11 is 0. The lowest BCUT2D eigenvalue weighted by Crippen LogP contribution is -2.35. The van der Waals surface area contributed by atoms with Gasteiger partial charge in [-0.1, -0.05) is 26.0 Å². The van der Waals surface area contributed by atoms with Gasteiger partial charge in [-0.25, -0.2) is 4.67 Å². The third-order valence-electron chi connectivity index (χ3n) is 3.49. The molecule has 0 fully saturated rings. The first kappa shape index (κ1) is 21.6. The Balaban J connectivity index is 3.58. The highest BCUT2D eigenvalue weighted by atomic mass is 31.2. The Labute approximate surface area is 145 Å². The SMILES string of the molecule is CCOP(=O)(OCC)c1ccccc1P(=O)(OCC)N(CC)CC. The molecule has 0 bridgehead atoms. The van der Waals surface area contributed by atoms with Gasteiger partial charge in [-0.15, -0.1) is 0 Å². The third-order valence-corrected chi connectivity index (χ3v) is 8.76. The minimum atomic E-state index is -3.57. The third kappa shape index (κ3) is 4.57. The van der Waals surface area contributed by atoms with E-state index in [-0.39, 0.29) is 19.8 Å². The molecular formula is C16H29NO5P2. The minimum Gasteiger partial charge on any atom is -0.314 e. The Morgan fingerprint density at radius 2 is 1.25 bits per heavy atom. The van der Waals surface area contributed by atoms with Crippen LogP contribution in [0.15, 0.2) is 24.3 Å². The summed E-state index contributed by atoms with van der Waals surface area (Å²) in [7, 11) is -6.93. The molecule has 0 aliphatic carbocycles. The van der Waals surface area contributed by atoms with Gasteiger partial charge in [0.2, 0.25) is 0 Å². The standard InChI is InChI=1S/C16H29NO5P2/c1-6-17(7-2)23(18,20-8-3)15-13-11-12-14-16(15)24(19,21-9-4)22-10-5/h11-14H,6-10H2,1-5H3. The normalized spacial score (nSPS) is 14.8. The van der Waals surface area contributed by atoms with Crippen molar-refractivity contribution in [2.75, 3.05) is 32.9 Å². The number of benzene rings is 1. The van der Waals surface area contributed by atoms with E-state index in [2.05, 4.69) is 0 Å². The predicted octanol–water partition coefficient (Wildman–Crippen LogP) is 3.77. The first-order chi connectivity index (χ1) is 11.4. The molecule has 0 aromatic heterocycles. The Bertz CT molecular complexity index is 594. The Morgan fingerprint density at radius 1 is 0.792 bits per heavy atom. The monoisotopic (exact) mass is 377 g/mol. The summed E-state index contributed by atoms with van der Waals surface area (Å²) in [6, 6.07) is 6.84. The molecule has 8 heteroatoms. The summed E-state index contributed by atoms with van der Waals surface area (Å²) in [6.45, 7) is 11.0. The minimum absolute atomic E-state index is 0.232. The van der Waals surface area contributed by atoms with Crippen LogP contribution in [0.2, 0.25) is 0 Å². The molecule has 0 aliphatic rings. The van der Waals surface area contributed by atoms with Crippen molar-refractivity contribution in [3.05, 3.63) is 24.3 Å². The first-order valence-electron chi connectivity index (χ1n) is 8.42. The molecule has 0 spiro atoms. The summed E-state index contributed by atoms with van der Waals surface area (Å²) < 4.78 is 45.3. The van der Waals surface area contributed by atoms with Crippen molar-refractivity contribution in [3.8, 4) is 0 Å². The van der Waals surface area contributed by atoms with E-state index in [0.717, 1.165) is 0 Å². The zero-order valence-electron chi connectivity index (χ0n) is 15.2. The maximum atomic E-state index is 13.7. The molecule has 1 atom stereocenters. The van der Waals surface area contributed by atoms with E-state index in [1.165, 1.54) is 0 Å². The van der Waals surface area contributed by atoms with Crippen molar-refractivity contribution in [2.45, 2.75) is 34.6 Å². The second kappa shape index (κ2) is 9.86. The van der Waals surface area contributed by atoms with Crippen LogP contribution in [-0.4, -0.2) is 37.6 Å². The van der Waals surface area contributed by atoms with Gasteiger partial charge in [-0.3, -0.25) is 9.13 Å². The van der Waals surface area contributed by atoms with Crippen LogP contribution in [0.5, 0.6) is 0 Å². The topological polar surface area (TPSA) is 65.1 Å². The maximum absolute atomic E-state index is 13.7. The van der Waals surface area contributed by atoms with Gasteiger partial charge < -0.3 is 13.6 Å². The zero-order valence-corrected chi connectivity index (χ0v) is 17.0.